The molecule has 3 rings (SSSR count). The molecule has 0 unspecified atom stereocenters. The second kappa shape index (κ2) is 4.62. The van der Waals surface area contributed by atoms with Crippen LogP contribution in [0.1, 0.15) is 11.1 Å². The molecule has 0 saturated heterocycles. The van der Waals surface area contributed by atoms with Gasteiger partial charge in [0, 0.05) is 4.47 Å². The largest absolute Gasteiger partial charge is 0.273 e. The fourth-order valence-corrected chi connectivity index (χ4v) is 3.71. The zero-order chi connectivity index (χ0) is 13.6. The molecular weight excluding hydrogens is 322 g/mol. The van der Waals surface area contributed by atoms with E-state index >= 15 is 0 Å². The van der Waals surface area contributed by atoms with Crippen molar-refractivity contribution >= 4 is 37.5 Å². The molecule has 0 aliphatic heterocycles. The second-order valence-electron chi connectivity index (χ2n) is 4.62. The summed E-state index contributed by atoms with van der Waals surface area (Å²) >= 11 is 4.93. The van der Waals surface area contributed by atoms with Gasteiger partial charge in [0.25, 0.3) is 5.56 Å². The van der Waals surface area contributed by atoms with Crippen LogP contribution in [0.25, 0.3) is 15.8 Å². The number of benzene rings is 2. The van der Waals surface area contributed by atoms with Crippen LogP contribution in [0.5, 0.6) is 0 Å². The van der Waals surface area contributed by atoms with Crippen molar-refractivity contribution in [3.63, 3.8) is 0 Å². The number of nitrogens with zero attached hydrogens (tertiary/aromatic N) is 1. The third-order valence-electron chi connectivity index (χ3n) is 3.13. The van der Waals surface area contributed by atoms with E-state index in [0.717, 1.165) is 31.4 Å². The van der Waals surface area contributed by atoms with Crippen molar-refractivity contribution in [3.05, 3.63) is 62.4 Å². The zero-order valence-corrected chi connectivity index (χ0v) is 13.0. The fourth-order valence-electron chi connectivity index (χ4n) is 2.09. The average molecular weight is 334 g/mol. The molecule has 4 heteroatoms. The molecule has 2 aromatic carbocycles. The van der Waals surface area contributed by atoms with E-state index < -0.39 is 0 Å². The Morgan fingerprint density at radius 3 is 2.68 bits per heavy atom. The van der Waals surface area contributed by atoms with E-state index in [1.165, 1.54) is 11.5 Å². The van der Waals surface area contributed by atoms with Crippen molar-refractivity contribution in [2.45, 2.75) is 13.8 Å². The van der Waals surface area contributed by atoms with Crippen LogP contribution in [0.3, 0.4) is 0 Å². The molecule has 2 nitrogen and oxygen atoms in total. The Hall–Kier alpha value is -1.39. The molecule has 1 heterocycles. The van der Waals surface area contributed by atoms with Crippen LogP contribution < -0.4 is 5.56 Å². The standard InChI is InChI=1S/C15H12BrNOS/c1-9-3-4-10(2)13(7-9)17-15(18)12-6-5-11(16)8-14(12)19-17/h3-8H,1-2H3. The first-order chi connectivity index (χ1) is 9.06. The first-order valence-electron chi connectivity index (χ1n) is 5.95. The van der Waals surface area contributed by atoms with Crippen LogP contribution in [0.15, 0.2) is 45.7 Å². The molecule has 0 radical (unpaired) electrons. The van der Waals surface area contributed by atoms with Gasteiger partial charge in [0.2, 0.25) is 0 Å². The van der Waals surface area contributed by atoms with Crippen molar-refractivity contribution in [3.8, 4) is 5.69 Å². The highest BCUT2D eigenvalue weighted by Gasteiger charge is 2.11. The van der Waals surface area contributed by atoms with Gasteiger partial charge < -0.3 is 0 Å². The summed E-state index contributed by atoms with van der Waals surface area (Å²) in [6, 6.07) is 11.9. The molecule has 0 aliphatic rings. The lowest BCUT2D eigenvalue weighted by Crippen LogP contribution is -2.11. The molecule has 0 aliphatic carbocycles. The number of aryl methyl sites for hydroxylation is 2. The number of hydrogen-bond acceptors (Lipinski definition) is 2. The van der Waals surface area contributed by atoms with Crippen molar-refractivity contribution in [1.29, 1.82) is 0 Å². The predicted molar refractivity (Wildman–Crippen MR) is 84.6 cm³/mol. The number of hydrogen-bond donors (Lipinski definition) is 0. The molecule has 1 aromatic heterocycles. The highest BCUT2D eigenvalue weighted by Crippen LogP contribution is 2.25. The lowest BCUT2D eigenvalue weighted by molar-refractivity contribution is 1.11. The van der Waals surface area contributed by atoms with Crippen molar-refractivity contribution in [2.75, 3.05) is 0 Å². The summed E-state index contributed by atoms with van der Waals surface area (Å²) in [5.74, 6) is 0. The highest BCUT2D eigenvalue weighted by molar-refractivity contribution is 9.10. The molecule has 0 spiro atoms. The average Bonchev–Trinajstić information content (AvgIpc) is 2.69. The summed E-state index contributed by atoms with van der Waals surface area (Å²) in [5, 5.41) is 0.772. The Balaban J connectivity index is 2.34. The monoisotopic (exact) mass is 333 g/mol. The van der Waals surface area contributed by atoms with Gasteiger partial charge >= 0.3 is 0 Å². The molecule has 0 N–H and O–H groups in total. The Kier molecular flexibility index (Phi) is 3.07. The van der Waals surface area contributed by atoms with Gasteiger partial charge in [-0.1, -0.05) is 39.6 Å². The number of rotatable bonds is 1. The lowest BCUT2D eigenvalue weighted by atomic mass is 10.1. The van der Waals surface area contributed by atoms with Crippen molar-refractivity contribution in [1.82, 2.24) is 3.96 Å². The van der Waals surface area contributed by atoms with Gasteiger partial charge in [0.1, 0.15) is 0 Å². The molecule has 3 aromatic rings. The summed E-state index contributed by atoms with van der Waals surface area (Å²) in [7, 11) is 0. The van der Waals surface area contributed by atoms with E-state index in [9.17, 15) is 4.79 Å². The van der Waals surface area contributed by atoms with E-state index in [0.29, 0.717) is 0 Å². The van der Waals surface area contributed by atoms with Gasteiger partial charge in [-0.25, -0.2) is 3.96 Å². The van der Waals surface area contributed by atoms with Gasteiger partial charge in [-0.3, -0.25) is 4.79 Å². The summed E-state index contributed by atoms with van der Waals surface area (Å²) in [6.07, 6.45) is 0. The molecular formula is C15H12BrNOS. The van der Waals surface area contributed by atoms with Crippen LogP contribution in [0, 0.1) is 13.8 Å². The van der Waals surface area contributed by atoms with Crippen LogP contribution in [0.2, 0.25) is 0 Å². The molecule has 0 amide bonds. The SMILES string of the molecule is Cc1ccc(C)c(-n2sc3cc(Br)ccc3c2=O)c1. The summed E-state index contributed by atoms with van der Waals surface area (Å²) in [4.78, 5) is 12.5. The normalized spacial score (nSPS) is 11.1. The van der Waals surface area contributed by atoms with Crippen LogP contribution in [-0.2, 0) is 0 Å². The van der Waals surface area contributed by atoms with Crippen LogP contribution >= 0.6 is 27.5 Å². The molecule has 96 valence electrons. The molecule has 0 fully saturated rings. The fraction of sp³-hybridized carbons (Fsp3) is 0.133. The van der Waals surface area contributed by atoms with Crippen molar-refractivity contribution in [2.24, 2.45) is 0 Å². The summed E-state index contributed by atoms with van der Waals surface area (Å²) in [6.45, 7) is 4.07. The first kappa shape index (κ1) is 12.6. The molecule has 0 atom stereocenters. The minimum Gasteiger partial charge on any atom is -0.267 e. The Bertz CT molecular complexity index is 832. The maximum absolute atomic E-state index is 12.5. The second-order valence-corrected chi connectivity index (χ2v) is 6.52. The predicted octanol–water partition coefficient (Wildman–Crippen LogP) is 4.43. The molecule has 0 saturated carbocycles. The van der Waals surface area contributed by atoms with Gasteiger partial charge in [0.05, 0.1) is 15.8 Å². The quantitative estimate of drug-likeness (QED) is 0.645. The van der Waals surface area contributed by atoms with E-state index in [1.54, 1.807) is 3.96 Å². The zero-order valence-electron chi connectivity index (χ0n) is 10.6. The molecule has 19 heavy (non-hydrogen) atoms. The topological polar surface area (TPSA) is 22.0 Å². The minimum absolute atomic E-state index is 0.0567. The van der Waals surface area contributed by atoms with E-state index in [-0.39, 0.29) is 5.56 Å². The number of halogens is 1. The van der Waals surface area contributed by atoms with Gasteiger partial charge in [0.15, 0.2) is 0 Å². The van der Waals surface area contributed by atoms with E-state index in [4.69, 9.17) is 0 Å². The Labute approximate surface area is 123 Å². The Morgan fingerprint density at radius 2 is 1.89 bits per heavy atom. The highest BCUT2D eigenvalue weighted by atomic mass is 79.9. The first-order valence-corrected chi connectivity index (χ1v) is 7.52. The van der Waals surface area contributed by atoms with E-state index in [2.05, 4.69) is 34.1 Å². The Morgan fingerprint density at radius 1 is 1.11 bits per heavy atom. The third-order valence-corrected chi connectivity index (χ3v) is 4.70. The maximum atomic E-state index is 12.5. The van der Waals surface area contributed by atoms with Gasteiger partial charge in [-0.05, 0) is 49.2 Å². The van der Waals surface area contributed by atoms with Gasteiger partial charge in [-0.15, -0.1) is 0 Å². The maximum Gasteiger partial charge on any atom is 0.273 e. The smallest absolute Gasteiger partial charge is 0.267 e. The number of fused-ring (bicyclic) bond motifs is 1. The lowest BCUT2D eigenvalue weighted by Gasteiger charge is -2.05. The van der Waals surface area contributed by atoms with Gasteiger partial charge in [-0.2, -0.15) is 0 Å². The molecule has 0 bridgehead atoms. The number of aromatic nitrogens is 1. The van der Waals surface area contributed by atoms with Crippen LogP contribution in [-0.4, -0.2) is 3.96 Å². The summed E-state index contributed by atoms with van der Waals surface area (Å²) in [5.41, 5.74) is 3.30. The minimum atomic E-state index is 0.0567. The third kappa shape index (κ3) is 2.15. The van der Waals surface area contributed by atoms with Crippen molar-refractivity contribution < 1.29 is 0 Å². The summed E-state index contributed by atoms with van der Waals surface area (Å²) < 4.78 is 3.77. The van der Waals surface area contributed by atoms with Crippen LogP contribution in [0.4, 0.5) is 0 Å². The van der Waals surface area contributed by atoms with E-state index in [1.807, 2.05) is 32.0 Å².